The van der Waals surface area contributed by atoms with E-state index in [2.05, 4.69) is 18.4 Å². The Morgan fingerprint density at radius 2 is 2.30 bits per heavy atom. The van der Waals surface area contributed by atoms with Crippen molar-refractivity contribution in [3.63, 3.8) is 0 Å². The number of rotatable bonds is 1. The Balaban J connectivity index is 4.32. The van der Waals surface area contributed by atoms with E-state index in [-0.39, 0.29) is 5.57 Å². The lowest BCUT2D eigenvalue weighted by atomic mass is 10.3. The normalized spacial score (nSPS) is 11.1. The van der Waals surface area contributed by atoms with Crippen LogP contribution in [0.5, 0.6) is 0 Å². The first kappa shape index (κ1) is 8.90. The lowest BCUT2D eigenvalue weighted by molar-refractivity contribution is 0.573. The van der Waals surface area contributed by atoms with Crippen molar-refractivity contribution in [3.8, 4) is 11.8 Å². The molecule has 0 aliphatic heterocycles. The summed E-state index contributed by atoms with van der Waals surface area (Å²) in [5.74, 6) is 3.89. The second-order valence-electron chi connectivity index (χ2n) is 1.61. The lowest BCUT2D eigenvalue weighted by Gasteiger charge is -1.86. The summed E-state index contributed by atoms with van der Waals surface area (Å²) in [7, 11) is 0. The van der Waals surface area contributed by atoms with Crippen LogP contribution in [0.3, 0.4) is 0 Å². The average molecular weight is 142 g/mol. The van der Waals surface area contributed by atoms with E-state index in [0.717, 1.165) is 6.08 Å². The number of alkyl halides is 1. The highest BCUT2D eigenvalue weighted by molar-refractivity contribution is 5.32. The molecule has 54 valence electrons. The molecule has 0 saturated carbocycles. The molecule has 0 fully saturated rings. The van der Waals surface area contributed by atoms with Crippen LogP contribution in [0.25, 0.3) is 0 Å². The third kappa shape index (κ3) is 3.03. The molecule has 2 heteroatoms. The predicted octanol–water partition coefficient (Wildman–Crippen LogP) is 2.39. The van der Waals surface area contributed by atoms with Crippen LogP contribution in [0.4, 0.5) is 8.78 Å². The van der Waals surface area contributed by atoms with Crippen molar-refractivity contribution in [2.24, 2.45) is 0 Å². The van der Waals surface area contributed by atoms with Gasteiger partial charge >= 0.3 is 0 Å². The summed E-state index contributed by atoms with van der Waals surface area (Å²) in [6, 6.07) is 0. The molecule has 0 aliphatic rings. The minimum Gasteiger partial charge on any atom is -0.237 e. The minimum atomic E-state index is -0.748. The van der Waals surface area contributed by atoms with Gasteiger partial charge in [0, 0.05) is 5.57 Å². The third-order valence-corrected chi connectivity index (χ3v) is 0.880. The molecule has 0 radical (unpaired) electrons. The van der Waals surface area contributed by atoms with Crippen molar-refractivity contribution >= 4 is 0 Å². The quantitative estimate of drug-likeness (QED) is 0.389. The van der Waals surface area contributed by atoms with Crippen molar-refractivity contribution in [2.45, 2.75) is 6.92 Å². The van der Waals surface area contributed by atoms with Gasteiger partial charge in [-0.2, -0.15) is 0 Å². The second-order valence-corrected chi connectivity index (χ2v) is 1.61. The molecule has 0 nitrogen and oxygen atoms in total. The Bertz CT molecular complexity index is 203. The molecule has 0 amide bonds. The predicted molar refractivity (Wildman–Crippen MR) is 37.8 cm³/mol. The lowest BCUT2D eigenvalue weighted by Crippen LogP contribution is -1.74. The van der Waals surface area contributed by atoms with E-state index in [1.54, 1.807) is 0 Å². The van der Waals surface area contributed by atoms with Gasteiger partial charge in [0.15, 0.2) is 6.67 Å². The average Bonchev–Trinajstić information content (AvgIpc) is 1.98. The van der Waals surface area contributed by atoms with Crippen LogP contribution >= 0.6 is 0 Å². The van der Waals surface area contributed by atoms with Gasteiger partial charge < -0.3 is 0 Å². The van der Waals surface area contributed by atoms with E-state index in [9.17, 15) is 8.78 Å². The highest BCUT2D eigenvalue weighted by Crippen LogP contribution is 2.04. The SMILES string of the molecule is C=C/C(F)=C(/C)C#CCF. The molecule has 0 heterocycles. The Hall–Kier alpha value is -1.10. The maximum atomic E-state index is 12.4. The number of hydrogen-bond donors (Lipinski definition) is 0. The van der Waals surface area contributed by atoms with Gasteiger partial charge in [-0.1, -0.05) is 18.4 Å². The summed E-state index contributed by atoms with van der Waals surface area (Å²) in [6.45, 7) is 3.92. The van der Waals surface area contributed by atoms with Crippen molar-refractivity contribution in [2.75, 3.05) is 6.67 Å². The highest BCUT2D eigenvalue weighted by atomic mass is 19.1. The zero-order valence-corrected chi connectivity index (χ0v) is 5.75. The number of halogens is 2. The van der Waals surface area contributed by atoms with Crippen molar-refractivity contribution in [1.82, 2.24) is 0 Å². The Labute approximate surface area is 59.2 Å². The third-order valence-electron chi connectivity index (χ3n) is 0.880. The maximum Gasteiger partial charge on any atom is 0.150 e. The summed E-state index contributed by atoms with van der Waals surface area (Å²) >= 11 is 0. The van der Waals surface area contributed by atoms with Gasteiger partial charge in [0.05, 0.1) is 0 Å². The Morgan fingerprint density at radius 3 is 2.70 bits per heavy atom. The summed E-state index contributed by atoms with van der Waals surface area (Å²) in [5, 5.41) is 0. The van der Waals surface area contributed by atoms with Gasteiger partial charge in [-0.25, -0.2) is 8.78 Å². The van der Waals surface area contributed by atoms with Crippen LogP contribution in [0.15, 0.2) is 24.1 Å². The fraction of sp³-hybridized carbons (Fsp3) is 0.250. The Morgan fingerprint density at radius 1 is 1.70 bits per heavy atom. The molecule has 0 atom stereocenters. The molecule has 0 rings (SSSR count). The molecule has 0 bridgehead atoms. The minimum absolute atomic E-state index is 0.215. The molecule has 0 saturated heterocycles. The van der Waals surface area contributed by atoms with Gasteiger partial charge in [-0.3, -0.25) is 0 Å². The topological polar surface area (TPSA) is 0 Å². The Kier molecular flexibility index (Phi) is 4.23. The van der Waals surface area contributed by atoms with Crippen molar-refractivity contribution in [1.29, 1.82) is 0 Å². The van der Waals surface area contributed by atoms with Gasteiger partial charge in [-0.05, 0) is 13.0 Å². The summed E-state index contributed by atoms with van der Waals surface area (Å²) in [6.07, 6.45) is 1.04. The molecule has 0 aromatic rings. The first-order valence-corrected chi connectivity index (χ1v) is 2.76. The molecule has 0 aromatic carbocycles. The van der Waals surface area contributed by atoms with Gasteiger partial charge in [-0.15, -0.1) is 0 Å². The summed E-state index contributed by atoms with van der Waals surface area (Å²) < 4.78 is 23.8. The smallest absolute Gasteiger partial charge is 0.150 e. The molecular formula is C8H8F2. The van der Waals surface area contributed by atoms with E-state index in [4.69, 9.17) is 0 Å². The van der Waals surface area contributed by atoms with Crippen LogP contribution in [0.2, 0.25) is 0 Å². The number of hydrogen-bond acceptors (Lipinski definition) is 0. The van der Waals surface area contributed by atoms with Gasteiger partial charge in [0.1, 0.15) is 5.83 Å². The molecule has 0 spiro atoms. The van der Waals surface area contributed by atoms with Crippen molar-refractivity contribution in [3.05, 3.63) is 24.1 Å². The van der Waals surface area contributed by atoms with E-state index < -0.39 is 12.5 Å². The van der Waals surface area contributed by atoms with Crippen molar-refractivity contribution < 1.29 is 8.78 Å². The monoisotopic (exact) mass is 142 g/mol. The van der Waals surface area contributed by atoms with Gasteiger partial charge in [0.2, 0.25) is 0 Å². The summed E-state index contributed by atoms with van der Waals surface area (Å²) in [4.78, 5) is 0. The molecular weight excluding hydrogens is 134 g/mol. The highest BCUT2D eigenvalue weighted by Gasteiger charge is 1.89. The fourth-order valence-electron chi connectivity index (χ4n) is 0.379. The summed E-state index contributed by atoms with van der Waals surface area (Å²) in [5.41, 5.74) is 0.215. The van der Waals surface area contributed by atoms with E-state index >= 15 is 0 Å². The molecule has 0 aliphatic carbocycles. The van der Waals surface area contributed by atoms with E-state index in [1.165, 1.54) is 6.92 Å². The van der Waals surface area contributed by atoms with Crippen LogP contribution in [-0.2, 0) is 0 Å². The van der Waals surface area contributed by atoms with E-state index in [1.807, 2.05) is 0 Å². The first-order chi connectivity index (χ1) is 4.72. The largest absolute Gasteiger partial charge is 0.237 e. The molecule has 10 heavy (non-hydrogen) atoms. The van der Waals surface area contributed by atoms with Crippen LogP contribution in [0.1, 0.15) is 6.92 Å². The molecule has 0 unspecified atom stereocenters. The fourth-order valence-corrected chi connectivity index (χ4v) is 0.379. The second kappa shape index (κ2) is 4.75. The molecule has 0 aromatic heterocycles. The number of allylic oxidation sites excluding steroid dienone is 3. The first-order valence-electron chi connectivity index (χ1n) is 2.76. The van der Waals surface area contributed by atoms with Gasteiger partial charge in [0.25, 0.3) is 0 Å². The van der Waals surface area contributed by atoms with Crippen LogP contribution in [-0.4, -0.2) is 6.67 Å². The standard InChI is InChI=1S/C8H8F2/c1-3-8(10)7(2)5-4-6-9/h3H,1,6H2,2H3/b8-7+. The zero-order valence-electron chi connectivity index (χ0n) is 5.75. The maximum absolute atomic E-state index is 12.4. The van der Waals surface area contributed by atoms with E-state index in [0.29, 0.717) is 0 Å². The van der Waals surface area contributed by atoms with Crippen LogP contribution < -0.4 is 0 Å². The van der Waals surface area contributed by atoms with Crippen LogP contribution in [0, 0.1) is 11.8 Å². The molecule has 0 N–H and O–H groups in total. The zero-order chi connectivity index (χ0) is 7.98.